The summed E-state index contributed by atoms with van der Waals surface area (Å²) < 4.78 is 13.1. The molecule has 3 aromatic carbocycles. The number of amides is 1. The second kappa shape index (κ2) is 12.4. The monoisotopic (exact) mass is 675 g/mol. The summed E-state index contributed by atoms with van der Waals surface area (Å²) >= 11 is 4.31. The maximum atomic E-state index is 12.7. The lowest BCUT2D eigenvalue weighted by atomic mass is 10.1. The van der Waals surface area contributed by atoms with E-state index >= 15 is 0 Å². The van der Waals surface area contributed by atoms with Gasteiger partial charge in [-0.25, -0.2) is 0 Å². The highest BCUT2D eigenvalue weighted by atomic mass is 127. The molecule has 1 amide bonds. The summed E-state index contributed by atoms with van der Waals surface area (Å²) in [7, 11) is 0. The number of rotatable bonds is 8. The summed E-state index contributed by atoms with van der Waals surface area (Å²) in [5.41, 5.74) is 2.60. The molecule has 0 spiro atoms. The Morgan fingerprint density at radius 3 is 2.44 bits per heavy atom. The molecule has 3 aromatic rings. The van der Waals surface area contributed by atoms with Gasteiger partial charge in [-0.2, -0.15) is 10.5 Å². The second-order valence-corrected chi connectivity index (χ2v) is 9.28. The fraction of sp³-hybridized carbons (Fsp3) is 0.115. The average Bonchev–Trinajstić information content (AvgIpc) is 2.82. The number of hydrogen-bond acceptors (Lipinski definition) is 5. The zero-order valence-electron chi connectivity index (χ0n) is 18.1. The third-order valence-corrected chi connectivity index (χ3v) is 6.21. The predicted octanol–water partition coefficient (Wildman–Crippen LogP) is 6.29. The van der Waals surface area contributed by atoms with E-state index < -0.39 is 5.91 Å². The molecular weight excluding hydrogens is 656 g/mol. The van der Waals surface area contributed by atoms with E-state index in [4.69, 9.17) is 9.47 Å². The van der Waals surface area contributed by atoms with Crippen molar-refractivity contribution in [3.8, 4) is 23.6 Å². The minimum Gasteiger partial charge on any atom is -0.494 e. The number of halogens is 2. The molecule has 8 heteroatoms. The van der Waals surface area contributed by atoms with Gasteiger partial charge in [-0.05, 0) is 94.1 Å². The first-order valence-electron chi connectivity index (χ1n) is 10.2. The summed E-state index contributed by atoms with van der Waals surface area (Å²) in [5.74, 6) is 0.816. The molecule has 0 fully saturated rings. The first kappa shape index (κ1) is 25.5. The molecule has 6 nitrogen and oxygen atoms in total. The molecule has 0 aromatic heterocycles. The van der Waals surface area contributed by atoms with Crippen molar-refractivity contribution in [2.75, 3.05) is 11.9 Å². The van der Waals surface area contributed by atoms with Gasteiger partial charge in [-0.3, -0.25) is 4.79 Å². The minimum atomic E-state index is -0.505. The zero-order valence-corrected chi connectivity index (χ0v) is 22.5. The molecule has 34 heavy (non-hydrogen) atoms. The van der Waals surface area contributed by atoms with Gasteiger partial charge in [-0.1, -0.05) is 24.3 Å². The number of nitrogens with one attached hydrogen (secondary N) is 1. The molecule has 0 aliphatic carbocycles. The van der Waals surface area contributed by atoms with E-state index in [1.807, 2.05) is 43.3 Å². The summed E-state index contributed by atoms with van der Waals surface area (Å²) in [5, 5.41) is 21.6. The van der Waals surface area contributed by atoms with Crippen LogP contribution in [0.2, 0.25) is 0 Å². The highest BCUT2D eigenvalue weighted by molar-refractivity contribution is 14.1. The van der Waals surface area contributed by atoms with Crippen molar-refractivity contribution in [1.82, 2.24) is 0 Å². The van der Waals surface area contributed by atoms with E-state index in [2.05, 4.69) is 56.6 Å². The minimum absolute atomic E-state index is 0.0231. The van der Waals surface area contributed by atoms with Gasteiger partial charge in [0.1, 0.15) is 29.7 Å². The van der Waals surface area contributed by atoms with Crippen molar-refractivity contribution in [2.45, 2.75) is 13.5 Å². The van der Waals surface area contributed by atoms with Gasteiger partial charge in [0.25, 0.3) is 5.91 Å². The Bertz CT molecular complexity index is 1300. The first-order chi connectivity index (χ1) is 16.4. The van der Waals surface area contributed by atoms with Gasteiger partial charge in [-0.15, -0.1) is 0 Å². The molecule has 0 unspecified atom stereocenters. The van der Waals surface area contributed by atoms with Crippen LogP contribution in [0.1, 0.15) is 23.6 Å². The third kappa shape index (κ3) is 6.72. The Morgan fingerprint density at radius 2 is 1.76 bits per heavy atom. The van der Waals surface area contributed by atoms with Crippen LogP contribution in [-0.4, -0.2) is 12.5 Å². The fourth-order valence-electron chi connectivity index (χ4n) is 3.05. The maximum Gasteiger partial charge on any atom is 0.266 e. The second-order valence-electron chi connectivity index (χ2n) is 6.96. The molecule has 0 heterocycles. The summed E-state index contributed by atoms with van der Waals surface area (Å²) in [6.45, 7) is 2.66. The number of carbonyl (C=O) groups excluding carboxylic acids is 1. The van der Waals surface area contributed by atoms with E-state index in [0.717, 1.165) is 12.7 Å². The van der Waals surface area contributed by atoms with Crippen molar-refractivity contribution >= 4 is 62.9 Å². The summed E-state index contributed by atoms with van der Waals surface area (Å²) in [6.07, 6.45) is 1.54. The first-order valence-corrected chi connectivity index (χ1v) is 12.4. The van der Waals surface area contributed by atoms with Crippen molar-refractivity contribution in [3.05, 3.63) is 90.1 Å². The van der Waals surface area contributed by atoms with Crippen LogP contribution in [0, 0.1) is 29.8 Å². The van der Waals surface area contributed by atoms with Gasteiger partial charge >= 0.3 is 0 Å². The molecule has 1 N–H and O–H groups in total. The number of carbonyl (C=O) groups is 1. The van der Waals surface area contributed by atoms with Gasteiger partial charge < -0.3 is 14.8 Å². The lowest BCUT2D eigenvalue weighted by Gasteiger charge is -2.12. The molecule has 0 aliphatic heterocycles. The standard InChI is InChI=1S/C26H19I2N3O3/c1-2-33-22-9-5-8-21(13-22)31-26(32)20(15-30)10-17-11-23(27)25(24(28)12-17)34-16-19-7-4-3-6-18(19)14-29/h3-13H,2,16H2,1H3,(H,31,32)/b20-10-. The Kier molecular flexibility index (Phi) is 9.31. The van der Waals surface area contributed by atoms with Crippen molar-refractivity contribution in [2.24, 2.45) is 0 Å². The summed E-state index contributed by atoms with van der Waals surface area (Å²) in [6, 6.07) is 22.1. The average molecular weight is 675 g/mol. The SMILES string of the molecule is CCOc1cccc(NC(=O)/C(C#N)=C\c2cc(I)c(OCc3ccccc3C#N)c(I)c2)c1. The predicted molar refractivity (Wildman–Crippen MR) is 147 cm³/mol. The van der Waals surface area contributed by atoms with Gasteiger partial charge in [0, 0.05) is 17.3 Å². The molecule has 0 atom stereocenters. The van der Waals surface area contributed by atoms with E-state index in [9.17, 15) is 15.3 Å². The Balaban J connectivity index is 1.77. The number of ether oxygens (including phenoxy) is 2. The lowest BCUT2D eigenvalue weighted by Crippen LogP contribution is -2.13. The van der Waals surface area contributed by atoms with Gasteiger partial charge in [0.05, 0.1) is 25.4 Å². The van der Waals surface area contributed by atoms with E-state index in [-0.39, 0.29) is 12.2 Å². The van der Waals surface area contributed by atoms with Gasteiger partial charge in [0.15, 0.2) is 0 Å². The highest BCUT2D eigenvalue weighted by Gasteiger charge is 2.13. The molecule has 0 bridgehead atoms. The van der Waals surface area contributed by atoms with Crippen LogP contribution in [0.15, 0.2) is 66.2 Å². The summed E-state index contributed by atoms with van der Waals surface area (Å²) in [4.78, 5) is 12.7. The zero-order chi connectivity index (χ0) is 24.5. The number of benzene rings is 3. The molecule has 0 saturated heterocycles. The van der Waals surface area contributed by atoms with E-state index in [1.165, 1.54) is 0 Å². The Morgan fingerprint density at radius 1 is 1.03 bits per heavy atom. The fourth-order valence-corrected chi connectivity index (χ4v) is 5.18. The third-order valence-electron chi connectivity index (χ3n) is 4.61. The smallest absolute Gasteiger partial charge is 0.266 e. The van der Waals surface area contributed by atoms with Crippen LogP contribution >= 0.6 is 45.2 Å². The van der Waals surface area contributed by atoms with Gasteiger partial charge in [0.2, 0.25) is 0 Å². The number of anilines is 1. The normalized spacial score (nSPS) is 10.7. The topological polar surface area (TPSA) is 95.1 Å². The quantitative estimate of drug-likeness (QED) is 0.172. The van der Waals surface area contributed by atoms with Crippen LogP contribution in [0.4, 0.5) is 5.69 Å². The number of hydrogen-bond donors (Lipinski definition) is 1. The lowest BCUT2D eigenvalue weighted by molar-refractivity contribution is -0.112. The molecule has 170 valence electrons. The Hall–Kier alpha value is -3.09. The molecule has 0 aliphatic rings. The van der Waals surface area contributed by atoms with Crippen molar-refractivity contribution in [3.63, 3.8) is 0 Å². The molecule has 0 radical (unpaired) electrons. The van der Waals surface area contributed by atoms with Crippen molar-refractivity contribution in [1.29, 1.82) is 10.5 Å². The molecule has 3 rings (SSSR count). The molecular formula is C26H19I2N3O3. The van der Waals surface area contributed by atoms with Crippen molar-refractivity contribution < 1.29 is 14.3 Å². The van der Waals surface area contributed by atoms with E-state index in [1.54, 1.807) is 36.4 Å². The number of nitriles is 2. The largest absolute Gasteiger partial charge is 0.494 e. The highest BCUT2D eigenvalue weighted by Crippen LogP contribution is 2.31. The number of nitrogens with zero attached hydrogens (tertiary/aromatic N) is 2. The van der Waals surface area contributed by atoms with Crippen LogP contribution in [0.3, 0.4) is 0 Å². The van der Waals surface area contributed by atoms with Crippen LogP contribution < -0.4 is 14.8 Å². The maximum absolute atomic E-state index is 12.7. The molecule has 0 saturated carbocycles. The van der Waals surface area contributed by atoms with E-state index in [0.29, 0.717) is 34.9 Å². The van der Waals surface area contributed by atoms with Crippen LogP contribution in [-0.2, 0) is 11.4 Å². The van der Waals surface area contributed by atoms with Crippen LogP contribution in [0.25, 0.3) is 6.08 Å². The van der Waals surface area contributed by atoms with Crippen LogP contribution in [0.5, 0.6) is 11.5 Å². The Labute approximate surface area is 225 Å².